The molecule has 0 unspecified atom stereocenters. The average Bonchev–Trinajstić information content (AvgIpc) is 2.14. The van der Waals surface area contributed by atoms with Crippen molar-refractivity contribution in [3.8, 4) is 0 Å². The molecule has 0 bridgehead atoms. The van der Waals surface area contributed by atoms with Gasteiger partial charge in [0.25, 0.3) is 0 Å². The quantitative estimate of drug-likeness (QED) is 0.383. The first-order chi connectivity index (χ1) is 7.51. The van der Waals surface area contributed by atoms with Crippen LogP contribution in [0, 0.1) is 0 Å². The van der Waals surface area contributed by atoms with Crippen molar-refractivity contribution in [2.45, 2.75) is 12.4 Å². The first-order valence-electron chi connectivity index (χ1n) is 4.13. The first kappa shape index (κ1) is 22.1. The van der Waals surface area contributed by atoms with E-state index in [0.29, 0.717) is 0 Å². The van der Waals surface area contributed by atoms with Gasteiger partial charge in [-0.25, -0.2) is 0 Å². The van der Waals surface area contributed by atoms with Gasteiger partial charge in [0.2, 0.25) is 0 Å². The zero-order valence-electron chi connectivity index (χ0n) is 9.89. The molecule has 0 atom stereocenters. The van der Waals surface area contributed by atoms with Crippen LogP contribution < -0.4 is 74.6 Å². The molecule has 0 aliphatic carbocycles. The van der Waals surface area contributed by atoms with Crippen LogP contribution in [-0.4, -0.2) is 7.12 Å². The Morgan fingerprint density at radius 2 is 1.05 bits per heavy atom. The Morgan fingerprint density at radius 1 is 0.737 bits per heavy atom. The van der Waals surface area contributed by atoms with Crippen LogP contribution in [0.2, 0.25) is 0 Å². The maximum atomic E-state index is 12.2. The zero-order valence-corrected chi connectivity index (χ0v) is 13.9. The van der Waals surface area contributed by atoms with Crippen molar-refractivity contribution in [2.75, 3.05) is 0 Å². The number of hydrogen-bond acceptors (Lipinski definition) is 2. The van der Waals surface area contributed by atoms with E-state index in [4.69, 9.17) is 0 Å². The van der Waals surface area contributed by atoms with Crippen LogP contribution in [0.4, 0.5) is 26.3 Å². The van der Waals surface area contributed by atoms with Crippen molar-refractivity contribution in [3.05, 3.63) is 29.3 Å². The number of alkyl halides is 6. The van der Waals surface area contributed by atoms with E-state index in [0.717, 1.165) is 0 Å². The molecule has 11 heteroatoms. The number of rotatable bonds is 1. The summed E-state index contributed by atoms with van der Waals surface area (Å²) >= 11 is 0. The molecule has 0 amide bonds. The van der Waals surface area contributed by atoms with Gasteiger partial charge in [-0.15, -0.1) is 5.46 Å². The van der Waals surface area contributed by atoms with Crippen LogP contribution in [0.1, 0.15) is 11.1 Å². The van der Waals surface area contributed by atoms with Crippen molar-refractivity contribution in [1.82, 2.24) is 0 Å². The Bertz CT molecular complexity index is 388. The van der Waals surface area contributed by atoms with E-state index in [1.807, 2.05) is 0 Å². The largest absolute Gasteiger partial charge is 1.00 e. The van der Waals surface area contributed by atoms with E-state index in [1.165, 1.54) is 0 Å². The van der Waals surface area contributed by atoms with E-state index in [2.05, 4.69) is 0 Å². The van der Waals surface area contributed by atoms with Gasteiger partial charge in [-0.05, 0) is 6.07 Å². The van der Waals surface area contributed by atoms with Crippen molar-refractivity contribution in [1.29, 1.82) is 0 Å². The summed E-state index contributed by atoms with van der Waals surface area (Å²) in [6, 6.07) is 0.103. The van der Waals surface area contributed by atoms with Crippen LogP contribution in [0.25, 0.3) is 0 Å². The predicted octanol–water partition coefficient (Wildman–Crippen LogP) is -5.85. The standard InChI is InChI=1S/C8H3BF6O2.2Na/c10-7(11,12)4-1-5(8(13,14)15)3-6(2-4)9(16)17;;/h1-3H;;/q-2;2*+1. The third kappa shape index (κ3) is 6.39. The van der Waals surface area contributed by atoms with Gasteiger partial charge in [-0.1, -0.05) is 19.3 Å². The summed E-state index contributed by atoms with van der Waals surface area (Å²) in [5.41, 5.74) is -4.43. The van der Waals surface area contributed by atoms with E-state index in [9.17, 15) is 36.4 Å². The molecule has 0 aliphatic rings. The minimum atomic E-state index is -5.05. The smallest absolute Gasteiger partial charge is 0.889 e. The zero-order chi connectivity index (χ0) is 13.4. The molecule has 0 aliphatic heterocycles. The Labute approximate surface area is 148 Å². The number of hydrogen-bond donors (Lipinski definition) is 0. The molecule has 0 saturated heterocycles. The minimum Gasteiger partial charge on any atom is -0.889 e. The second-order valence-corrected chi connectivity index (χ2v) is 3.17. The van der Waals surface area contributed by atoms with Crippen LogP contribution >= 0.6 is 0 Å². The fourth-order valence-electron chi connectivity index (χ4n) is 1.12. The van der Waals surface area contributed by atoms with E-state index in [-0.39, 0.29) is 77.3 Å². The summed E-state index contributed by atoms with van der Waals surface area (Å²) in [6.07, 6.45) is -10.1. The van der Waals surface area contributed by atoms with Gasteiger partial charge in [0.1, 0.15) is 0 Å². The van der Waals surface area contributed by atoms with Gasteiger partial charge in [-0.2, -0.15) is 26.3 Å². The monoisotopic (exact) mass is 302 g/mol. The second kappa shape index (κ2) is 7.70. The number of halogens is 6. The van der Waals surface area contributed by atoms with E-state index >= 15 is 0 Å². The molecule has 0 heterocycles. The van der Waals surface area contributed by atoms with Crippen molar-refractivity contribution < 1.29 is 95.5 Å². The minimum absolute atomic E-state index is 0. The van der Waals surface area contributed by atoms with Gasteiger partial charge in [0, 0.05) is 0 Å². The second-order valence-electron chi connectivity index (χ2n) is 3.17. The third-order valence-corrected chi connectivity index (χ3v) is 1.88. The fraction of sp³-hybridized carbons (Fsp3) is 0.250. The van der Waals surface area contributed by atoms with Crippen molar-refractivity contribution in [3.63, 3.8) is 0 Å². The summed E-state index contributed by atoms with van der Waals surface area (Å²) in [5.74, 6) is 0. The van der Waals surface area contributed by atoms with Gasteiger partial charge < -0.3 is 10.0 Å². The molecule has 19 heavy (non-hydrogen) atoms. The SMILES string of the molecule is [Na+].[Na+].[O-]B([O-])c1cc(C(F)(F)F)cc(C(F)(F)F)c1. The Morgan fingerprint density at radius 3 is 1.26 bits per heavy atom. The van der Waals surface area contributed by atoms with Crippen molar-refractivity contribution in [2.24, 2.45) is 0 Å². The molecule has 0 radical (unpaired) electrons. The summed E-state index contributed by atoms with van der Waals surface area (Å²) in [6.45, 7) is 0. The molecular weight excluding hydrogens is 299 g/mol. The van der Waals surface area contributed by atoms with E-state index in [1.54, 1.807) is 0 Å². The normalized spacial score (nSPS) is 11.4. The summed E-state index contributed by atoms with van der Waals surface area (Å²) in [5, 5.41) is 20.8. The van der Waals surface area contributed by atoms with Crippen LogP contribution in [-0.2, 0) is 12.4 Å². The Kier molecular flexibility index (Phi) is 8.94. The summed E-state index contributed by atoms with van der Waals surface area (Å²) in [4.78, 5) is 0. The van der Waals surface area contributed by atoms with Gasteiger partial charge in [0.15, 0.2) is 0 Å². The summed E-state index contributed by atoms with van der Waals surface area (Å²) < 4.78 is 73.4. The van der Waals surface area contributed by atoms with Crippen molar-refractivity contribution >= 4 is 12.6 Å². The molecule has 1 rings (SSSR count). The molecule has 0 spiro atoms. The predicted molar refractivity (Wildman–Crippen MR) is 41.8 cm³/mol. The van der Waals surface area contributed by atoms with Gasteiger partial charge >= 0.3 is 71.5 Å². The molecule has 1 aromatic carbocycles. The van der Waals surface area contributed by atoms with Crippen LogP contribution in [0.3, 0.4) is 0 Å². The van der Waals surface area contributed by atoms with Gasteiger partial charge in [0.05, 0.1) is 11.1 Å². The molecular formula is C8H3BF6Na2O2. The van der Waals surface area contributed by atoms with Crippen LogP contribution in [0.5, 0.6) is 0 Å². The van der Waals surface area contributed by atoms with Crippen LogP contribution in [0.15, 0.2) is 18.2 Å². The molecule has 0 fully saturated rings. The maximum Gasteiger partial charge on any atom is 1.00 e. The fourth-order valence-corrected chi connectivity index (χ4v) is 1.12. The maximum absolute atomic E-state index is 12.2. The molecule has 0 N–H and O–H groups in total. The average molecular weight is 302 g/mol. The van der Waals surface area contributed by atoms with Gasteiger partial charge in [-0.3, -0.25) is 0 Å². The molecule has 94 valence electrons. The molecule has 0 aromatic heterocycles. The molecule has 2 nitrogen and oxygen atoms in total. The topological polar surface area (TPSA) is 46.1 Å². The first-order valence-corrected chi connectivity index (χ1v) is 4.13. The molecule has 0 saturated carbocycles. The summed E-state index contributed by atoms with van der Waals surface area (Å²) in [7, 11) is -2.90. The van der Waals surface area contributed by atoms with E-state index < -0.39 is 36.1 Å². The third-order valence-electron chi connectivity index (χ3n) is 1.88. The number of benzene rings is 1. The molecule has 1 aromatic rings. The Balaban J connectivity index is 0. The Hall–Kier alpha value is 0.785.